The van der Waals surface area contributed by atoms with Gasteiger partial charge >= 0.3 is 0 Å². The van der Waals surface area contributed by atoms with E-state index in [1.54, 1.807) is 0 Å². The molecule has 0 amide bonds. The van der Waals surface area contributed by atoms with Crippen molar-refractivity contribution in [1.29, 1.82) is 0 Å². The SMILES string of the molecule is CCn1nc(C)c(NC2CCSC2)c1C. The molecule has 4 heteroatoms. The van der Waals surface area contributed by atoms with Gasteiger partial charge in [0.2, 0.25) is 0 Å². The molecule has 1 aliphatic heterocycles. The fourth-order valence-electron chi connectivity index (χ4n) is 2.07. The number of thioether (sulfide) groups is 1. The van der Waals surface area contributed by atoms with E-state index in [4.69, 9.17) is 0 Å². The van der Waals surface area contributed by atoms with Crippen molar-refractivity contribution in [1.82, 2.24) is 9.78 Å². The van der Waals surface area contributed by atoms with Crippen LogP contribution in [0.25, 0.3) is 0 Å². The van der Waals surface area contributed by atoms with Crippen LogP contribution in [0.1, 0.15) is 24.7 Å². The first-order valence-corrected chi connectivity index (χ1v) is 6.76. The quantitative estimate of drug-likeness (QED) is 0.857. The summed E-state index contributed by atoms with van der Waals surface area (Å²) >= 11 is 2.04. The molecule has 2 heterocycles. The lowest BCUT2D eigenvalue weighted by atomic mass is 10.2. The van der Waals surface area contributed by atoms with Gasteiger partial charge in [-0.2, -0.15) is 16.9 Å². The van der Waals surface area contributed by atoms with Gasteiger partial charge in [0.15, 0.2) is 0 Å². The molecule has 84 valence electrons. The monoisotopic (exact) mass is 225 g/mol. The van der Waals surface area contributed by atoms with Crippen LogP contribution < -0.4 is 5.32 Å². The Morgan fingerprint density at radius 1 is 1.53 bits per heavy atom. The Morgan fingerprint density at radius 3 is 2.87 bits per heavy atom. The first-order chi connectivity index (χ1) is 7.22. The third-order valence-electron chi connectivity index (χ3n) is 2.96. The smallest absolute Gasteiger partial charge is 0.0828 e. The largest absolute Gasteiger partial charge is 0.378 e. The van der Waals surface area contributed by atoms with Crippen LogP contribution >= 0.6 is 11.8 Å². The van der Waals surface area contributed by atoms with Crippen LogP contribution in [-0.4, -0.2) is 27.3 Å². The highest BCUT2D eigenvalue weighted by atomic mass is 32.2. The highest BCUT2D eigenvalue weighted by Gasteiger charge is 2.18. The van der Waals surface area contributed by atoms with Gasteiger partial charge in [0, 0.05) is 18.3 Å². The Labute approximate surface area is 95.6 Å². The van der Waals surface area contributed by atoms with E-state index in [1.807, 2.05) is 11.8 Å². The molecule has 3 nitrogen and oxygen atoms in total. The van der Waals surface area contributed by atoms with E-state index in [0.717, 1.165) is 12.2 Å². The van der Waals surface area contributed by atoms with Gasteiger partial charge in [-0.25, -0.2) is 0 Å². The summed E-state index contributed by atoms with van der Waals surface area (Å²) < 4.78 is 2.07. The summed E-state index contributed by atoms with van der Waals surface area (Å²) in [5.74, 6) is 2.52. The predicted molar refractivity (Wildman–Crippen MR) is 66.7 cm³/mol. The van der Waals surface area contributed by atoms with Crippen LogP contribution in [0.4, 0.5) is 5.69 Å². The van der Waals surface area contributed by atoms with Gasteiger partial charge in [-0.3, -0.25) is 4.68 Å². The Balaban J connectivity index is 2.15. The molecule has 1 aliphatic rings. The summed E-state index contributed by atoms with van der Waals surface area (Å²) in [6.07, 6.45) is 1.28. The van der Waals surface area contributed by atoms with Crippen molar-refractivity contribution >= 4 is 17.4 Å². The average molecular weight is 225 g/mol. The molecular formula is C11H19N3S. The number of rotatable bonds is 3. The zero-order valence-electron chi connectivity index (χ0n) is 9.71. The zero-order chi connectivity index (χ0) is 10.8. The van der Waals surface area contributed by atoms with Gasteiger partial charge in [0.05, 0.1) is 17.1 Å². The predicted octanol–water partition coefficient (Wildman–Crippen LogP) is 2.44. The average Bonchev–Trinajstić information content (AvgIpc) is 2.81. The van der Waals surface area contributed by atoms with Crippen molar-refractivity contribution in [2.24, 2.45) is 0 Å². The number of hydrogen-bond acceptors (Lipinski definition) is 3. The van der Waals surface area contributed by atoms with Crippen LogP contribution in [-0.2, 0) is 6.54 Å². The minimum absolute atomic E-state index is 0.641. The van der Waals surface area contributed by atoms with Crippen molar-refractivity contribution in [2.45, 2.75) is 39.8 Å². The summed E-state index contributed by atoms with van der Waals surface area (Å²) in [5, 5.41) is 8.15. The Morgan fingerprint density at radius 2 is 2.33 bits per heavy atom. The molecule has 1 unspecified atom stereocenters. The van der Waals surface area contributed by atoms with Gasteiger partial charge < -0.3 is 5.32 Å². The second-order valence-electron chi connectivity index (χ2n) is 4.07. The molecule has 1 saturated heterocycles. The van der Waals surface area contributed by atoms with Crippen molar-refractivity contribution in [3.8, 4) is 0 Å². The highest BCUT2D eigenvalue weighted by molar-refractivity contribution is 7.99. The molecule has 1 fully saturated rings. The Hall–Kier alpha value is -0.640. The van der Waals surface area contributed by atoms with Gasteiger partial charge in [-0.05, 0) is 32.9 Å². The van der Waals surface area contributed by atoms with E-state index >= 15 is 0 Å². The molecule has 15 heavy (non-hydrogen) atoms. The second-order valence-corrected chi connectivity index (χ2v) is 5.22. The van der Waals surface area contributed by atoms with Crippen LogP contribution in [0.15, 0.2) is 0 Å². The normalized spacial score (nSPS) is 20.9. The lowest BCUT2D eigenvalue weighted by Crippen LogP contribution is -2.19. The van der Waals surface area contributed by atoms with Crippen LogP contribution in [0.5, 0.6) is 0 Å². The Kier molecular flexibility index (Phi) is 3.24. The maximum Gasteiger partial charge on any atom is 0.0828 e. The molecule has 1 aromatic rings. The standard InChI is InChI=1S/C11H19N3S/c1-4-14-9(3)11(8(2)13-14)12-10-5-6-15-7-10/h10,12H,4-7H2,1-3H3. The molecule has 0 spiro atoms. The summed E-state index contributed by atoms with van der Waals surface area (Å²) in [5.41, 5.74) is 3.66. The number of nitrogens with one attached hydrogen (secondary N) is 1. The molecule has 0 aliphatic carbocycles. The molecule has 1 aromatic heterocycles. The molecule has 0 saturated carbocycles. The molecule has 0 aromatic carbocycles. The lowest BCUT2D eigenvalue weighted by Gasteiger charge is -2.13. The Bertz CT molecular complexity index is 340. The third kappa shape index (κ3) is 2.14. The molecular weight excluding hydrogens is 206 g/mol. The molecule has 2 rings (SSSR count). The third-order valence-corrected chi connectivity index (χ3v) is 4.12. The number of hydrogen-bond donors (Lipinski definition) is 1. The van der Waals surface area contributed by atoms with Crippen molar-refractivity contribution in [2.75, 3.05) is 16.8 Å². The summed E-state index contributed by atoms with van der Waals surface area (Å²) in [4.78, 5) is 0. The fraction of sp³-hybridized carbons (Fsp3) is 0.727. The van der Waals surface area contributed by atoms with Crippen molar-refractivity contribution < 1.29 is 0 Å². The second kappa shape index (κ2) is 4.47. The van der Waals surface area contributed by atoms with Gasteiger partial charge in [0.1, 0.15) is 0 Å². The van der Waals surface area contributed by atoms with Crippen LogP contribution in [0.2, 0.25) is 0 Å². The number of nitrogens with zero attached hydrogens (tertiary/aromatic N) is 2. The van der Waals surface area contributed by atoms with Gasteiger partial charge in [0.25, 0.3) is 0 Å². The summed E-state index contributed by atoms with van der Waals surface area (Å²) in [7, 11) is 0. The first kappa shape index (κ1) is 10.9. The maximum atomic E-state index is 4.52. The lowest BCUT2D eigenvalue weighted by molar-refractivity contribution is 0.634. The number of anilines is 1. The molecule has 0 bridgehead atoms. The summed E-state index contributed by atoms with van der Waals surface area (Å²) in [6, 6.07) is 0.641. The van der Waals surface area contributed by atoms with Crippen molar-refractivity contribution in [3.05, 3.63) is 11.4 Å². The number of aryl methyl sites for hydroxylation is 2. The van der Waals surface area contributed by atoms with E-state index in [0.29, 0.717) is 6.04 Å². The fourth-order valence-corrected chi connectivity index (χ4v) is 3.22. The van der Waals surface area contributed by atoms with Gasteiger partial charge in [-0.1, -0.05) is 0 Å². The van der Waals surface area contributed by atoms with E-state index in [9.17, 15) is 0 Å². The van der Waals surface area contributed by atoms with Crippen LogP contribution in [0.3, 0.4) is 0 Å². The van der Waals surface area contributed by atoms with Gasteiger partial charge in [-0.15, -0.1) is 0 Å². The zero-order valence-corrected chi connectivity index (χ0v) is 10.5. The highest BCUT2D eigenvalue weighted by Crippen LogP contribution is 2.25. The molecule has 1 N–H and O–H groups in total. The van der Waals surface area contributed by atoms with E-state index in [1.165, 1.54) is 29.3 Å². The van der Waals surface area contributed by atoms with Crippen molar-refractivity contribution in [3.63, 3.8) is 0 Å². The minimum atomic E-state index is 0.641. The molecule has 0 radical (unpaired) electrons. The molecule has 1 atom stereocenters. The maximum absolute atomic E-state index is 4.52. The van der Waals surface area contributed by atoms with E-state index in [-0.39, 0.29) is 0 Å². The van der Waals surface area contributed by atoms with E-state index in [2.05, 4.69) is 35.9 Å². The minimum Gasteiger partial charge on any atom is -0.378 e. The topological polar surface area (TPSA) is 29.9 Å². The number of aromatic nitrogens is 2. The first-order valence-electron chi connectivity index (χ1n) is 5.60. The summed E-state index contributed by atoms with van der Waals surface area (Å²) in [6.45, 7) is 7.32. The van der Waals surface area contributed by atoms with Crippen LogP contribution in [0, 0.1) is 13.8 Å². The van der Waals surface area contributed by atoms with E-state index < -0.39 is 0 Å².